The maximum atomic E-state index is 13.1. The number of thiocarbonyl (C=S) groups is 1. The van der Waals surface area contributed by atoms with Crippen molar-refractivity contribution in [2.24, 2.45) is 0 Å². The number of halogens is 2. The minimum Gasteiger partial charge on any atom is -0.507 e. The molecule has 8 heteroatoms. The number of nitrogens with zero attached hydrogens (tertiary/aromatic N) is 1. The number of amides is 2. The number of phenolic OH excluding ortho intramolecular Hbond substituents is 1. The average molecular weight is 421 g/mol. The van der Waals surface area contributed by atoms with Gasteiger partial charge in [0.2, 0.25) is 0 Å². The zero-order valence-electron chi connectivity index (χ0n) is 12.5. The van der Waals surface area contributed by atoms with Gasteiger partial charge in [0.15, 0.2) is 5.11 Å². The molecular formula is C17H10BrFN2O3S. The first-order valence-electron chi connectivity index (χ1n) is 7.02. The summed E-state index contributed by atoms with van der Waals surface area (Å²) in [6.45, 7) is 0. The normalized spacial score (nSPS) is 16.3. The molecule has 2 amide bonds. The summed E-state index contributed by atoms with van der Waals surface area (Å²) in [6, 6.07) is 9.74. The summed E-state index contributed by atoms with van der Waals surface area (Å²) < 4.78 is 13.5. The molecule has 2 aromatic carbocycles. The zero-order chi connectivity index (χ0) is 18.1. The van der Waals surface area contributed by atoms with Gasteiger partial charge >= 0.3 is 0 Å². The Bertz CT molecular complexity index is 928. The van der Waals surface area contributed by atoms with Crippen LogP contribution in [0.2, 0.25) is 0 Å². The Morgan fingerprint density at radius 1 is 1.16 bits per heavy atom. The van der Waals surface area contributed by atoms with Gasteiger partial charge in [0, 0.05) is 0 Å². The fourth-order valence-corrected chi connectivity index (χ4v) is 2.94. The smallest absolute Gasteiger partial charge is 0.270 e. The number of rotatable bonds is 2. The number of nitrogens with one attached hydrogen (secondary N) is 1. The highest BCUT2D eigenvalue weighted by Crippen LogP contribution is 2.27. The van der Waals surface area contributed by atoms with Gasteiger partial charge in [-0.3, -0.25) is 19.8 Å². The summed E-state index contributed by atoms with van der Waals surface area (Å²) in [5.74, 6) is -1.66. The predicted octanol–water partition coefficient (Wildman–Crippen LogP) is 3.13. The van der Waals surface area contributed by atoms with Crippen LogP contribution in [0.1, 0.15) is 5.56 Å². The summed E-state index contributed by atoms with van der Waals surface area (Å²) in [5, 5.41) is 11.9. The largest absolute Gasteiger partial charge is 0.507 e. The molecule has 0 unspecified atom stereocenters. The molecule has 1 aliphatic rings. The molecule has 25 heavy (non-hydrogen) atoms. The van der Waals surface area contributed by atoms with Crippen molar-refractivity contribution in [1.29, 1.82) is 0 Å². The van der Waals surface area contributed by atoms with Crippen LogP contribution in [0, 0.1) is 5.82 Å². The monoisotopic (exact) mass is 420 g/mol. The van der Waals surface area contributed by atoms with Gasteiger partial charge in [-0.25, -0.2) is 4.39 Å². The van der Waals surface area contributed by atoms with E-state index in [9.17, 15) is 19.1 Å². The van der Waals surface area contributed by atoms with Gasteiger partial charge in [-0.2, -0.15) is 0 Å². The van der Waals surface area contributed by atoms with E-state index in [1.165, 1.54) is 36.4 Å². The highest BCUT2D eigenvalue weighted by atomic mass is 79.9. The Hall–Kier alpha value is -2.58. The molecule has 1 heterocycles. The van der Waals surface area contributed by atoms with Crippen LogP contribution >= 0.6 is 28.1 Å². The van der Waals surface area contributed by atoms with E-state index in [0.29, 0.717) is 15.7 Å². The van der Waals surface area contributed by atoms with E-state index in [1.807, 2.05) is 0 Å². The van der Waals surface area contributed by atoms with Crippen molar-refractivity contribution in [2.75, 3.05) is 4.90 Å². The molecule has 2 N–H and O–H groups in total. The third-order valence-electron chi connectivity index (χ3n) is 3.47. The van der Waals surface area contributed by atoms with Gasteiger partial charge in [-0.05, 0) is 76.2 Å². The molecule has 0 atom stereocenters. The molecule has 1 saturated heterocycles. The van der Waals surface area contributed by atoms with E-state index in [1.54, 1.807) is 12.1 Å². The number of carbonyl (C=O) groups is 2. The molecule has 0 aliphatic carbocycles. The van der Waals surface area contributed by atoms with E-state index in [0.717, 1.165) is 4.90 Å². The van der Waals surface area contributed by atoms with Crippen molar-refractivity contribution in [1.82, 2.24) is 5.32 Å². The van der Waals surface area contributed by atoms with Gasteiger partial charge in [0.25, 0.3) is 11.8 Å². The maximum absolute atomic E-state index is 13.1. The molecule has 2 aromatic rings. The molecule has 3 rings (SSSR count). The van der Waals surface area contributed by atoms with Crippen molar-refractivity contribution >= 4 is 56.8 Å². The molecule has 126 valence electrons. The number of hydrogen-bond acceptors (Lipinski definition) is 4. The third-order valence-corrected chi connectivity index (χ3v) is 4.39. The second-order valence-corrected chi connectivity index (χ2v) is 6.39. The van der Waals surface area contributed by atoms with Crippen molar-refractivity contribution in [3.8, 4) is 5.75 Å². The molecule has 0 radical (unpaired) electrons. The molecule has 0 bridgehead atoms. The second kappa shape index (κ2) is 6.73. The SMILES string of the molecule is O=C1NC(=S)N(c2ccc(F)cc2)C(=O)/C1=C\c1ccc(O)c(Br)c1. The van der Waals surface area contributed by atoms with Crippen molar-refractivity contribution in [2.45, 2.75) is 0 Å². The summed E-state index contributed by atoms with van der Waals surface area (Å²) in [6.07, 6.45) is 1.39. The number of benzene rings is 2. The number of aromatic hydroxyl groups is 1. The molecule has 5 nitrogen and oxygen atoms in total. The van der Waals surface area contributed by atoms with Crippen LogP contribution in [0.15, 0.2) is 52.5 Å². The average Bonchev–Trinajstić information content (AvgIpc) is 2.56. The minimum atomic E-state index is -0.627. The summed E-state index contributed by atoms with van der Waals surface area (Å²) in [4.78, 5) is 26.0. The van der Waals surface area contributed by atoms with Crippen molar-refractivity contribution in [3.05, 3.63) is 63.9 Å². The lowest BCUT2D eigenvalue weighted by Gasteiger charge is -2.28. The van der Waals surface area contributed by atoms with E-state index in [2.05, 4.69) is 21.2 Å². The van der Waals surface area contributed by atoms with Crippen LogP contribution in [-0.4, -0.2) is 22.0 Å². The van der Waals surface area contributed by atoms with Crippen LogP contribution in [0.3, 0.4) is 0 Å². The standard InChI is InChI=1S/C17H10BrFN2O3S/c18-13-8-9(1-6-14(13)22)7-12-15(23)20-17(25)21(16(12)24)11-4-2-10(19)3-5-11/h1-8,22H,(H,20,23,25)/b12-7-. The van der Waals surface area contributed by atoms with Gasteiger partial charge in [0.1, 0.15) is 17.1 Å². The lowest BCUT2D eigenvalue weighted by atomic mass is 10.1. The number of anilines is 1. The fourth-order valence-electron chi connectivity index (χ4n) is 2.26. The molecule has 1 fully saturated rings. The molecule has 0 aromatic heterocycles. The van der Waals surface area contributed by atoms with E-state index in [-0.39, 0.29) is 16.4 Å². The molecular weight excluding hydrogens is 411 g/mol. The van der Waals surface area contributed by atoms with E-state index in [4.69, 9.17) is 12.2 Å². The first-order chi connectivity index (χ1) is 11.9. The fraction of sp³-hybridized carbons (Fsp3) is 0. The summed E-state index contributed by atoms with van der Waals surface area (Å²) in [5.41, 5.74) is 0.750. The molecule has 0 saturated carbocycles. The summed E-state index contributed by atoms with van der Waals surface area (Å²) in [7, 11) is 0. The summed E-state index contributed by atoms with van der Waals surface area (Å²) >= 11 is 8.24. The Labute approximate surface area is 155 Å². The lowest BCUT2D eigenvalue weighted by molar-refractivity contribution is -0.122. The van der Waals surface area contributed by atoms with E-state index < -0.39 is 17.6 Å². The Balaban J connectivity index is 2.01. The zero-order valence-corrected chi connectivity index (χ0v) is 14.9. The second-order valence-electron chi connectivity index (χ2n) is 5.15. The topological polar surface area (TPSA) is 69.6 Å². The number of carbonyl (C=O) groups excluding carboxylic acids is 2. The number of hydrogen-bond donors (Lipinski definition) is 2. The van der Waals surface area contributed by atoms with Crippen LogP contribution in [-0.2, 0) is 9.59 Å². The van der Waals surface area contributed by atoms with Crippen molar-refractivity contribution in [3.63, 3.8) is 0 Å². The van der Waals surface area contributed by atoms with Crippen LogP contribution < -0.4 is 10.2 Å². The lowest BCUT2D eigenvalue weighted by Crippen LogP contribution is -2.54. The Morgan fingerprint density at radius 3 is 2.48 bits per heavy atom. The Kier molecular flexibility index (Phi) is 4.65. The first-order valence-corrected chi connectivity index (χ1v) is 8.22. The van der Waals surface area contributed by atoms with Crippen LogP contribution in [0.4, 0.5) is 10.1 Å². The van der Waals surface area contributed by atoms with Crippen LogP contribution in [0.25, 0.3) is 6.08 Å². The third kappa shape index (κ3) is 3.45. The van der Waals surface area contributed by atoms with Gasteiger partial charge in [-0.1, -0.05) is 6.07 Å². The maximum Gasteiger partial charge on any atom is 0.270 e. The predicted molar refractivity (Wildman–Crippen MR) is 98.4 cm³/mol. The quantitative estimate of drug-likeness (QED) is 0.444. The highest BCUT2D eigenvalue weighted by Gasteiger charge is 2.34. The van der Waals surface area contributed by atoms with Gasteiger partial charge in [0.05, 0.1) is 10.2 Å². The Morgan fingerprint density at radius 2 is 1.84 bits per heavy atom. The van der Waals surface area contributed by atoms with Crippen LogP contribution in [0.5, 0.6) is 5.75 Å². The van der Waals surface area contributed by atoms with Crippen molar-refractivity contribution < 1.29 is 19.1 Å². The number of phenols is 1. The van der Waals surface area contributed by atoms with E-state index >= 15 is 0 Å². The highest BCUT2D eigenvalue weighted by molar-refractivity contribution is 9.10. The van der Waals surface area contributed by atoms with Gasteiger partial charge in [-0.15, -0.1) is 0 Å². The molecule has 1 aliphatic heterocycles. The van der Waals surface area contributed by atoms with Gasteiger partial charge < -0.3 is 5.11 Å². The molecule has 0 spiro atoms. The first kappa shape index (κ1) is 17.2. The minimum absolute atomic E-state index is 0.0377.